The first-order chi connectivity index (χ1) is 11.5. The van der Waals surface area contributed by atoms with Gasteiger partial charge in [-0.1, -0.05) is 0 Å². The predicted octanol–water partition coefficient (Wildman–Crippen LogP) is 3.01. The van der Waals surface area contributed by atoms with E-state index in [0.717, 1.165) is 18.2 Å². The fraction of sp³-hybridized carbons (Fsp3) is 0.188. The van der Waals surface area contributed by atoms with Crippen LogP contribution >= 0.6 is 0 Å². The van der Waals surface area contributed by atoms with Crippen molar-refractivity contribution in [2.75, 3.05) is 20.8 Å². The Morgan fingerprint density at radius 3 is 2.42 bits per heavy atom. The summed E-state index contributed by atoms with van der Waals surface area (Å²) in [4.78, 5) is 22.3. The molecule has 0 heterocycles. The predicted molar refractivity (Wildman–Crippen MR) is 82.4 cm³/mol. The minimum Gasteiger partial charge on any atom is -0.493 e. The number of hydrogen-bond donors (Lipinski definition) is 0. The van der Waals surface area contributed by atoms with Crippen LogP contribution in [0.25, 0.3) is 0 Å². The van der Waals surface area contributed by atoms with E-state index in [9.17, 15) is 19.3 Å². The molecule has 0 radical (unpaired) electrons. The number of halogens is 1. The number of rotatable bonds is 7. The van der Waals surface area contributed by atoms with Crippen LogP contribution in [0.3, 0.4) is 0 Å². The van der Waals surface area contributed by atoms with E-state index in [1.54, 1.807) is 6.07 Å². The van der Waals surface area contributed by atoms with E-state index < -0.39 is 28.8 Å². The second-order valence-corrected chi connectivity index (χ2v) is 4.65. The highest BCUT2D eigenvalue weighted by atomic mass is 19.1. The van der Waals surface area contributed by atoms with Crippen LogP contribution in [0.4, 0.5) is 10.1 Å². The van der Waals surface area contributed by atoms with Gasteiger partial charge in [0.05, 0.1) is 19.1 Å². The number of ketones is 1. The first-order valence-electron chi connectivity index (χ1n) is 6.78. The third-order valence-electron chi connectivity index (χ3n) is 3.18. The molecule has 8 heteroatoms. The molecule has 0 aromatic heterocycles. The van der Waals surface area contributed by atoms with Gasteiger partial charge in [-0.15, -0.1) is 0 Å². The van der Waals surface area contributed by atoms with E-state index >= 15 is 0 Å². The fourth-order valence-electron chi connectivity index (χ4n) is 1.99. The molecule has 0 unspecified atom stereocenters. The van der Waals surface area contributed by atoms with Crippen LogP contribution in [0.5, 0.6) is 17.2 Å². The van der Waals surface area contributed by atoms with Gasteiger partial charge >= 0.3 is 5.69 Å². The van der Waals surface area contributed by atoms with Crippen LogP contribution in [0.2, 0.25) is 0 Å². The van der Waals surface area contributed by atoms with Crippen LogP contribution in [0.15, 0.2) is 36.4 Å². The SMILES string of the molecule is COc1ccc(C(=O)COc2cc(F)ccc2[N+](=O)[O-])cc1OC. The molecule has 7 nitrogen and oxygen atoms in total. The molecular weight excluding hydrogens is 321 g/mol. The summed E-state index contributed by atoms with van der Waals surface area (Å²) in [5.74, 6) is -0.645. The first-order valence-corrected chi connectivity index (χ1v) is 6.78. The molecule has 0 aliphatic rings. The number of nitro groups is 1. The molecule has 0 fully saturated rings. The number of carbonyl (C=O) groups is 1. The van der Waals surface area contributed by atoms with Crippen LogP contribution in [0.1, 0.15) is 10.4 Å². The number of nitro benzene ring substituents is 1. The summed E-state index contributed by atoms with van der Waals surface area (Å²) >= 11 is 0. The Balaban J connectivity index is 2.17. The van der Waals surface area contributed by atoms with Gasteiger partial charge in [0.25, 0.3) is 0 Å². The molecule has 0 saturated carbocycles. The van der Waals surface area contributed by atoms with E-state index in [-0.39, 0.29) is 11.3 Å². The topological polar surface area (TPSA) is 87.9 Å². The van der Waals surface area contributed by atoms with Gasteiger partial charge in [0.1, 0.15) is 5.82 Å². The molecule has 0 aliphatic carbocycles. The molecule has 2 rings (SSSR count). The molecular formula is C16H14FNO6. The zero-order chi connectivity index (χ0) is 17.7. The van der Waals surface area contributed by atoms with Gasteiger partial charge in [-0.05, 0) is 24.3 Å². The molecule has 0 aliphatic heterocycles. The molecule has 2 aromatic carbocycles. The number of ether oxygens (including phenoxy) is 3. The zero-order valence-corrected chi connectivity index (χ0v) is 12.9. The van der Waals surface area contributed by atoms with Crippen LogP contribution in [0, 0.1) is 15.9 Å². The third kappa shape index (κ3) is 3.78. The molecule has 0 bridgehead atoms. The Morgan fingerprint density at radius 2 is 1.79 bits per heavy atom. The van der Waals surface area contributed by atoms with Crippen LogP contribution in [-0.4, -0.2) is 31.5 Å². The largest absolute Gasteiger partial charge is 0.493 e. The Morgan fingerprint density at radius 1 is 1.08 bits per heavy atom. The van der Waals surface area contributed by atoms with Crippen LogP contribution < -0.4 is 14.2 Å². The molecule has 0 atom stereocenters. The average molecular weight is 335 g/mol. The monoisotopic (exact) mass is 335 g/mol. The number of methoxy groups -OCH3 is 2. The summed E-state index contributed by atoms with van der Waals surface area (Å²) in [7, 11) is 2.89. The maximum Gasteiger partial charge on any atom is 0.311 e. The molecule has 0 spiro atoms. The minimum atomic E-state index is -0.713. The summed E-state index contributed by atoms with van der Waals surface area (Å²) in [6.45, 7) is -0.486. The third-order valence-corrected chi connectivity index (χ3v) is 3.18. The molecule has 24 heavy (non-hydrogen) atoms. The lowest BCUT2D eigenvalue weighted by Gasteiger charge is -2.10. The van der Waals surface area contributed by atoms with Gasteiger partial charge in [-0.2, -0.15) is 0 Å². The van der Waals surface area contributed by atoms with Crippen molar-refractivity contribution < 1.29 is 28.3 Å². The highest BCUT2D eigenvalue weighted by molar-refractivity contribution is 5.97. The second-order valence-electron chi connectivity index (χ2n) is 4.65. The Kier molecular flexibility index (Phi) is 5.31. The zero-order valence-electron chi connectivity index (χ0n) is 12.9. The van der Waals surface area contributed by atoms with Gasteiger partial charge in [0, 0.05) is 17.7 Å². The molecule has 2 aromatic rings. The van der Waals surface area contributed by atoms with Crippen molar-refractivity contribution in [3.8, 4) is 17.2 Å². The van der Waals surface area contributed by atoms with Crippen molar-refractivity contribution in [1.29, 1.82) is 0 Å². The maximum atomic E-state index is 13.2. The number of hydrogen-bond acceptors (Lipinski definition) is 6. The van der Waals surface area contributed by atoms with E-state index in [1.807, 2.05) is 0 Å². The van der Waals surface area contributed by atoms with Crippen molar-refractivity contribution in [2.45, 2.75) is 0 Å². The summed E-state index contributed by atoms with van der Waals surface area (Å²) in [5, 5.41) is 10.9. The van der Waals surface area contributed by atoms with Gasteiger partial charge in [-0.25, -0.2) is 4.39 Å². The minimum absolute atomic E-state index is 0.270. The fourth-order valence-corrected chi connectivity index (χ4v) is 1.99. The normalized spacial score (nSPS) is 10.1. The Hall–Kier alpha value is -3.16. The quantitative estimate of drug-likeness (QED) is 0.439. The second kappa shape index (κ2) is 7.40. The summed E-state index contributed by atoms with van der Waals surface area (Å²) in [6.07, 6.45) is 0. The number of carbonyl (C=O) groups excluding carboxylic acids is 1. The highest BCUT2D eigenvalue weighted by Gasteiger charge is 2.18. The standard InChI is InChI=1S/C16H14FNO6/c1-22-14-6-3-10(7-16(14)23-2)13(19)9-24-15-8-11(17)4-5-12(15)18(20)21/h3-8H,9H2,1-2H3. The highest BCUT2D eigenvalue weighted by Crippen LogP contribution is 2.29. The maximum absolute atomic E-state index is 13.2. The smallest absolute Gasteiger partial charge is 0.311 e. The Labute approximate surface area is 136 Å². The molecule has 0 saturated heterocycles. The van der Waals surface area contributed by atoms with Gasteiger partial charge in [-0.3, -0.25) is 14.9 Å². The number of benzene rings is 2. The summed E-state index contributed by atoms with van der Waals surface area (Å²) in [6, 6.07) is 7.31. The average Bonchev–Trinajstić information content (AvgIpc) is 2.58. The van der Waals surface area contributed by atoms with E-state index in [4.69, 9.17) is 14.2 Å². The van der Waals surface area contributed by atoms with Crippen molar-refractivity contribution in [2.24, 2.45) is 0 Å². The summed E-state index contributed by atoms with van der Waals surface area (Å²) < 4.78 is 28.5. The molecule has 0 N–H and O–H groups in total. The lowest BCUT2D eigenvalue weighted by molar-refractivity contribution is -0.385. The van der Waals surface area contributed by atoms with Gasteiger partial charge in [0.15, 0.2) is 29.6 Å². The first kappa shape index (κ1) is 17.2. The van der Waals surface area contributed by atoms with Crippen molar-refractivity contribution >= 4 is 11.5 Å². The molecule has 0 amide bonds. The van der Waals surface area contributed by atoms with E-state index in [0.29, 0.717) is 11.5 Å². The van der Waals surface area contributed by atoms with E-state index in [1.165, 1.54) is 26.4 Å². The lowest BCUT2D eigenvalue weighted by Crippen LogP contribution is -2.12. The number of nitrogens with zero attached hydrogens (tertiary/aromatic N) is 1. The summed E-state index contributed by atoms with van der Waals surface area (Å²) in [5.41, 5.74) is -0.150. The molecule has 126 valence electrons. The van der Waals surface area contributed by atoms with Crippen molar-refractivity contribution in [3.05, 3.63) is 57.9 Å². The van der Waals surface area contributed by atoms with Crippen molar-refractivity contribution in [3.63, 3.8) is 0 Å². The lowest BCUT2D eigenvalue weighted by atomic mass is 10.1. The van der Waals surface area contributed by atoms with Crippen molar-refractivity contribution in [1.82, 2.24) is 0 Å². The van der Waals surface area contributed by atoms with Gasteiger partial charge in [0.2, 0.25) is 0 Å². The number of Topliss-reactive ketones (excluding diaryl/α,β-unsaturated/α-hetero) is 1. The van der Waals surface area contributed by atoms with Gasteiger partial charge < -0.3 is 14.2 Å². The van der Waals surface area contributed by atoms with E-state index in [2.05, 4.69) is 0 Å². The Bertz CT molecular complexity index is 777. The van der Waals surface area contributed by atoms with Crippen LogP contribution in [-0.2, 0) is 0 Å².